The Morgan fingerprint density at radius 2 is 2.06 bits per heavy atom. The lowest BCUT2D eigenvalue weighted by molar-refractivity contribution is -0.145. The van der Waals surface area contributed by atoms with E-state index in [2.05, 4.69) is 11.9 Å². The summed E-state index contributed by atoms with van der Waals surface area (Å²) in [4.78, 5) is 11.9. The molecule has 0 saturated carbocycles. The van der Waals surface area contributed by atoms with Gasteiger partial charge < -0.3 is 4.74 Å². The first-order valence-electron chi connectivity index (χ1n) is 5.55. The molecule has 0 aliphatic rings. The molecule has 1 N–H and O–H groups in total. The molecule has 1 atom stereocenters. The first kappa shape index (κ1) is 15.0. The third-order valence-corrected chi connectivity index (χ3v) is 2.64. The molecule has 0 aliphatic heterocycles. The Morgan fingerprint density at radius 3 is 2.56 bits per heavy atom. The summed E-state index contributed by atoms with van der Waals surface area (Å²) in [6.45, 7) is 6.16. The minimum absolute atomic E-state index is 0.319. The van der Waals surface area contributed by atoms with Crippen molar-refractivity contribution in [3.8, 4) is 0 Å². The molecule has 5 heteroatoms. The topological polar surface area (TPSA) is 38.3 Å². The predicted molar refractivity (Wildman–Crippen MR) is 74.0 cm³/mol. The van der Waals surface area contributed by atoms with Gasteiger partial charge in [-0.25, -0.2) is 4.79 Å². The molecular formula is C13H15Cl2NO2. The van der Waals surface area contributed by atoms with Crippen LogP contribution in [0, 0.1) is 0 Å². The van der Waals surface area contributed by atoms with E-state index in [1.807, 2.05) is 0 Å². The molecule has 0 aromatic heterocycles. The fraction of sp³-hybridized carbons (Fsp3) is 0.308. The van der Waals surface area contributed by atoms with Gasteiger partial charge in [0.05, 0.1) is 6.61 Å². The zero-order valence-electron chi connectivity index (χ0n) is 10.1. The van der Waals surface area contributed by atoms with E-state index in [9.17, 15) is 4.79 Å². The van der Waals surface area contributed by atoms with E-state index in [0.717, 1.165) is 0 Å². The number of nitrogens with one attached hydrogen (secondary N) is 1. The van der Waals surface area contributed by atoms with E-state index in [-0.39, 0.29) is 5.97 Å². The lowest BCUT2D eigenvalue weighted by atomic mass is 10.1. The van der Waals surface area contributed by atoms with Gasteiger partial charge in [-0.05, 0) is 30.7 Å². The summed E-state index contributed by atoms with van der Waals surface area (Å²) in [6.07, 6.45) is 1.67. The van der Waals surface area contributed by atoms with E-state index in [1.165, 1.54) is 0 Å². The van der Waals surface area contributed by atoms with Crippen molar-refractivity contribution in [3.05, 3.63) is 46.5 Å². The monoisotopic (exact) mass is 287 g/mol. The number of carbonyl (C=O) groups excluding carboxylic acids is 1. The Hall–Kier alpha value is -1.03. The molecular weight excluding hydrogens is 273 g/mol. The SMILES string of the molecule is C=CCNC(C(=O)OCC)c1cc(Cl)cc(Cl)c1. The number of halogens is 2. The maximum atomic E-state index is 11.9. The maximum absolute atomic E-state index is 11.9. The van der Waals surface area contributed by atoms with Gasteiger partial charge in [0.2, 0.25) is 0 Å². The van der Waals surface area contributed by atoms with Gasteiger partial charge >= 0.3 is 5.97 Å². The summed E-state index contributed by atoms with van der Waals surface area (Å²) < 4.78 is 5.01. The summed E-state index contributed by atoms with van der Waals surface area (Å²) in [5.74, 6) is -0.363. The van der Waals surface area contributed by atoms with E-state index in [4.69, 9.17) is 27.9 Å². The van der Waals surface area contributed by atoms with Gasteiger partial charge in [-0.2, -0.15) is 0 Å². The minimum atomic E-state index is -0.598. The smallest absolute Gasteiger partial charge is 0.327 e. The summed E-state index contributed by atoms with van der Waals surface area (Å²) >= 11 is 11.9. The van der Waals surface area contributed by atoms with Crippen molar-refractivity contribution in [3.63, 3.8) is 0 Å². The third-order valence-electron chi connectivity index (χ3n) is 2.21. The Balaban J connectivity index is 2.99. The number of hydrogen-bond donors (Lipinski definition) is 1. The van der Waals surface area contributed by atoms with Gasteiger partial charge in [-0.1, -0.05) is 29.3 Å². The van der Waals surface area contributed by atoms with Crippen LogP contribution in [0.3, 0.4) is 0 Å². The minimum Gasteiger partial charge on any atom is -0.465 e. The number of ether oxygens (including phenoxy) is 1. The van der Waals surface area contributed by atoms with Crippen LogP contribution in [-0.4, -0.2) is 19.1 Å². The molecule has 1 rings (SSSR count). The fourth-order valence-electron chi connectivity index (χ4n) is 1.51. The second kappa shape index (κ2) is 7.41. The van der Waals surface area contributed by atoms with E-state index < -0.39 is 6.04 Å². The highest BCUT2D eigenvalue weighted by molar-refractivity contribution is 6.34. The molecule has 98 valence electrons. The molecule has 1 aromatic carbocycles. The third kappa shape index (κ3) is 4.33. The van der Waals surface area contributed by atoms with Crippen LogP contribution in [0.15, 0.2) is 30.9 Å². The van der Waals surface area contributed by atoms with Crippen molar-refractivity contribution in [2.75, 3.05) is 13.2 Å². The van der Waals surface area contributed by atoms with Crippen LogP contribution < -0.4 is 5.32 Å². The van der Waals surface area contributed by atoms with Crippen LogP contribution >= 0.6 is 23.2 Å². The van der Waals surface area contributed by atoms with E-state index in [0.29, 0.717) is 28.8 Å². The molecule has 0 bridgehead atoms. The molecule has 0 fully saturated rings. The predicted octanol–water partition coefficient (Wildman–Crippen LogP) is 3.37. The largest absolute Gasteiger partial charge is 0.465 e. The summed E-state index contributed by atoms with van der Waals surface area (Å²) in [5, 5.41) is 3.97. The molecule has 3 nitrogen and oxygen atoms in total. The van der Waals surface area contributed by atoms with Crippen molar-refractivity contribution >= 4 is 29.2 Å². The summed E-state index contributed by atoms with van der Waals surface area (Å²) in [6, 6.07) is 4.39. The number of rotatable bonds is 6. The second-order valence-electron chi connectivity index (χ2n) is 3.58. The van der Waals surface area contributed by atoms with Crippen LogP contribution in [0.5, 0.6) is 0 Å². The molecule has 0 amide bonds. The Morgan fingerprint density at radius 1 is 1.44 bits per heavy atom. The van der Waals surface area contributed by atoms with Crippen molar-refractivity contribution in [1.82, 2.24) is 5.32 Å². The van der Waals surface area contributed by atoms with Crippen molar-refractivity contribution in [2.24, 2.45) is 0 Å². The normalized spacial score (nSPS) is 11.9. The van der Waals surface area contributed by atoms with Crippen molar-refractivity contribution in [2.45, 2.75) is 13.0 Å². The average Bonchev–Trinajstić information content (AvgIpc) is 2.28. The Kier molecular flexibility index (Phi) is 6.19. The Labute approximate surface area is 117 Å². The zero-order valence-corrected chi connectivity index (χ0v) is 11.6. The van der Waals surface area contributed by atoms with Gasteiger partial charge in [0.25, 0.3) is 0 Å². The molecule has 0 aliphatic carbocycles. The summed E-state index contributed by atoms with van der Waals surface area (Å²) in [5.41, 5.74) is 0.674. The van der Waals surface area contributed by atoms with Crippen LogP contribution in [0.4, 0.5) is 0 Å². The molecule has 1 unspecified atom stereocenters. The van der Waals surface area contributed by atoms with Gasteiger partial charge in [-0.3, -0.25) is 5.32 Å². The standard InChI is InChI=1S/C13H15Cl2NO2/c1-3-5-16-12(13(17)18-4-2)9-6-10(14)8-11(15)7-9/h3,6-8,12,16H,1,4-5H2,2H3. The highest BCUT2D eigenvalue weighted by Gasteiger charge is 2.21. The zero-order chi connectivity index (χ0) is 13.5. The van der Waals surface area contributed by atoms with Crippen LogP contribution in [0.25, 0.3) is 0 Å². The number of benzene rings is 1. The van der Waals surface area contributed by atoms with Gasteiger partial charge in [0.15, 0.2) is 0 Å². The molecule has 0 heterocycles. The average molecular weight is 288 g/mol. The Bertz CT molecular complexity index is 415. The molecule has 0 saturated heterocycles. The van der Waals surface area contributed by atoms with E-state index in [1.54, 1.807) is 31.2 Å². The first-order valence-corrected chi connectivity index (χ1v) is 6.31. The maximum Gasteiger partial charge on any atom is 0.327 e. The van der Waals surface area contributed by atoms with Crippen LogP contribution in [0.1, 0.15) is 18.5 Å². The summed E-state index contributed by atoms with van der Waals surface area (Å²) in [7, 11) is 0. The van der Waals surface area contributed by atoms with Crippen molar-refractivity contribution < 1.29 is 9.53 Å². The van der Waals surface area contributed by atoms with Crippen LogP contribution in [-0.2, 0) is 9.53 Å². The number of hydrogen-bond acceptors (Lipinski definition) is 3. The molecule has 0 radical (unpaired) electrons. The number of carbonyl (C=O) groups is 1. The molecule has 18 heavy (non-hydrogen) atoms. The quantitative estimate of drug-likeness (QED) is 0.644. The first-order chi connectivity index (χ1) is 8.58. The highest BCUT2D eigenvalue weighted by Crippen LogP contribution is 2.24. The van der Waals surface area contributed by atoms with E-state index >= 15 is 0 Å². The van der Waals surface area contributed by atoms with Gasteiger partial charge in [0.1, 0.15) is 6.04 Å². The van der Waals surface area contributed by atoms with Crippen molar-refractivity contribution in [1.29, 1.82) is 0 Å². The number of esters is 1. The lowest BCUT2D eigenvalue weighted by Gasteiger charge is -2.17. The van der Waals surface area contributed by atoms with Gasteiger partial charge in [-0.15, -0.1) is 6.58 Å². The van der Waals surface area contributed by atoms with Crippen LogP contribution in [0.2, 0.25) is 10.0 Å². The molecule has 1 aromatic rings. The fourth-order valence-corrected chi connectivity index (χ4v) is 2.05. The van der Waals surface area contributed by atoms with Gasteiger partial charge in [0, 0.05) is 16.6 Å². The highest BCUT2D eigenvalue weighted by atomic mass is 35.5. The molecule has 0 spiro atoms. The second-order valence-corrected chi connectivity index (χ2v) is 4.46. The lowest BCUT2D eigenvalue weighted by Crippen LogP contribution is -2.30.